The quantitative estimate of drug-likeness (QED) is 0.475. The van der Waals surface area contributed by atoms with Crippen molar-refractivity contribution in [3.8, 4) is 11.1 Å². The first-order chi connectivity index (χ1) is 12.8. The molecule has 9 heteroatoms. The summed E-state index contributed by atoms with van der Waals surface area (Å²) in [6.07, 6.45) is 0. The first-order valence-electron chi connectivity index (χ1n) is 7.41. The monoisotopic (exact) mass is 458 g/mol. The van der Waals surface area contributed by atoms with Gasteiger partial charge in [0.05, 0.1) is 21.2 Å². The second-order valence-electron chi connectivity index (χ2n) is 5.40. The molecule has 0 bridgehead atoms. The Balaban J connectivity index is 2.02. The van der Waals surface area contributed by atoms with Crippen LogP contribution >= 0.6 is 57.7 Å². The van der Waals surface area contributed by atoms with E-state index in [0.717, 1.165) is 11.3 Å². The fourth-order valence-electron chi connectivity index (χ4n) is 2.45. The van der Waals surface area contributed by atoms with Crippen molar-refractivity contribution in [2.24, 2.45) is 5.73 Å². The van der Waals surface area contributed by atoms with Gasteiger partial charge in [-0.25, -0.2) is 0 Å². The Bertz CT molecular complexity index is 1070. The summed E-state index contributed by atoms with van der Waals surface area (Å²) in [6, 6.07) is 9.59. The summed E-state index contributed by atoms with van der Waals surface area (Å²) in [5, 5.41) is 5.82. The van der Waals surface area contributed by atoms with Crippen molar-refractivity contribution in [1.82, 2.24) is 0 Å². The zero-order chi connectivity index (χ0) is 19.7. The minimum absolute atomic E-state index is 0.120. The number of hydrogen-bond donors (Lipinski definition) is 2. The van der Waals surface area contributed by atoms with Crippen LogP contribution in [0.3, 0.4) is 0 Å². The molecular weight excluding hydrogens is 450 g/mol. The Morgan fingerprint density at radius 1 is 0.963 bits per heavy atom. The van der Waals surface area contributed by atoms with Gasteiger partial charge in [0.2, 0.25) is 0 Å². The molecule has 0 aliphatic carbocycles. The molecule has 0 saturated heterocycles. The summed E-state index contributed by atoms with van der Waals surface area (Å²) < 4.78 is 0. The SMILES string of the molecule is NC(=O)c1c(-c2ccc(Cl)cc2Cl)csc1NC(=O)c1cccc(Cl)c1Cl. The standard InChI is InChI=1S/C18H10Cl4N2O2S/c19-8-4-5-9(13(21)6-8)11-7-27-18(14(11)16(23)25)24-17(26)10-2-1-3-12(20)15(10)22/h1-7H,(H2,23,25)(H,24,26). The second-order valence-corrected chi connectivity index (χ2v) is 7.91. The van der Waals surface area contributed by atoms with E-state index in [-0.39, 0.29) is 26.2 Å². The fourth-order valence-corrected chi connectivity index (χ4v) is 4.31. The molecular formula is C18H10Cl4N2O2S. The van der Waals surface area contributed by atoms with Crippen molar-refractivity contribution < 1.29 is 9.59 Å². The Morgan fingerprint density at radius 2 is 1.70 bits per heavy atom. The van der Waals surface area contributed by atoms with Gasteiger partial charge in [0, 0.05) is 26.6 Å². The van der Waals surface area contributed by atoms with Gasteiger partial charge in [-0.15, -0.1) is 11.3 Å². The van der Waals surface area contributed by atoms with E-state index in [1.54, 1.807) is 35.7 Å². The van der Waals surface area contributed by atoms with Gasteiger partial charge in [0.25, 0.3) is 11.8 Å². The molecule has 0 atom stereocenters. The van der Waals surface area contributed by atoms with Crippen LogP contribution in [0.4, 0.5) is 5.00 Å². The van der Waals surface area contributed by atoms with Crippen LogP contribution in [0.1, 0.15) is 20.7 Å². The molecule has 27 heavy (non-hydrogen) atoms. The predicted octanol–water partition coefficient (Wildman–Crippen LogP) is 6.38. The van der Waals surface area contributed by atoms with Crippen LogP contribution in [0.15, 0.2) is 41.8 Å². The zero-order valence-corrected chi connectivity index (χ0v) is 17.2. The number of nitrogens with one attached hydrogen (secondary N) is 1. The average Bonchev–Trinajstić information content (AvgIpc) is 3.00. The highest BCUT2D eigenvalue weighted by Gasteiger charge is 2.22. The van der Waals surface area contributed by atoms with E-state index in [1.165, 1.54) is 6.07 Å². The predicted molar refractivity (Wildman–Crippen MR) is 113 cm³/mol. The molecule has 0 aliphatic rings. The van der Waals surface area contributed by atoms with Gasteiger partial charge >= 0.3 is 0 Å². The van der Waals surface area contributed by atoms with E-state index >= 15 is 0 Å². The van der Waals surface area contributed by atoms with E-state index in [0.29, 0.717) is 21.2 Å². The number of hydrogen-bond acceptors (Lipinski definition) is 3. The molecule has 0 unspecified atom stereocenters. The minimum Gasteiger partial charge on any atom is -0.365 e. The first kappa shape index (κ1) is 20.0. The number of primary amides is 1. The third-order valence-corrected chi connectivity index (χ3v) is 5.94. The number of halogens is 4. The molecule has 3 N–H and O–H groups in total. The van der Waals surface area contributed by atoms with Crippen molar-refractivity contribution >= 4 is 74.6 Å². The number of carbonyl (C=O) groups is 2. The van der Waals surface area contributed by atoms with E-state index in [9.17, 15) is 9.59 Å². The second kappa shape index (κ2) is 8.09. The Labute approximate surface area is 178 Å². The van der Waals surface area contributed by atoms with Crippen LogP contribution in [0.5, 0.6) is 0 Å². The van der Waals surface area contributed by atoms with E-state index in [2.05, 4.69) is 5.32 Å². The van der Waals surface area contributed by atoms with Gasteiger partial charge in [0.15, 0.2) is 0 Å². The number of amides is 2. The molecule has 3 aromatic rings. The highest BCUT2D eigenvalue weighted by molar-refractivity contribution is 7.15. The van der Waals surface area contributed by atoms with Crippen LogP contribution in [-0.2, 0) is 0 Å². The normalized spacial score (nSPS) is 10.7. The lowest BCUT2D eigenvalue weighted by Gasteiger charge is -2.09. The van der Waals surface area contributed by atoms with Crippen molar-refractivity contribution in [1.29, 1.82) is 0 Å². The van der Waals surface area contributed by atoms with Crippen molar-refractivity contribution in [3.63, 3.8) is 0 Å². The lowest BCUT2D eigenvalue weighted by atomic mass is 10.0. The maximum absolute atomic E-state index is 12.6. The first-order valence-corrected chi connectivity index (χ1v) is 9.80. The number of rotatable bonds is 4. The van der Waals surface area contributed by atoms with Crippen LogP contribution in [0, 0.1) is 0 Å². The summed E-state index contributed by atoms with van der Waals surface area (Å²) in [5.41, 5.74) is 6.95. The van der Waals surface area contributed by atoms with Crippen LogP contribution in [0.25, 0.3) is 11.1 Å². The summed E-state index contributed by atoms with van der Waals surface area (Å²) in [5.74, 6) is -1.22. The van der Waals surface area contributed by atoms with Gasteiger partial charge in [-0.1, -0.05) is 58.5 Å². The summed E-state index contributed by atoms with van der Waals surface area (Å²) in [4.78, 5) is 24.6. The smallest absolute Gasteiger partial charge is 0.257 e. The lowest BCUT2D eigenvalue weighted by molar-refractivity contribution is 0.100. The molecule has 0 radical (unpaired) electrons. The third kappa shape index (κ3) is 4.08. The topological polar surface area (TPSA) is 72.2 Å². The minimum atomic E-state index is -0.704. The molecule has 138 valence electrons. The average molecular weight is 460 g/mol. The summed E-state index contributed by atoms with van der Waals surface area (Å²) >= 11 is 25.3. The highest BCUT2D eigenvalue weighted by atomic mass is 35.5. The van der Waals surface area contributed by atoms with Crippen LogP contribution in [-0.4, -0.2) is 11.8 Å². The maximum atomic E-state index is 12.6. The molecule has 3 rings (SSSR count). The van der Waals surface area contributed by atoms with Crippen molar-refractivity contribution in [2.45, 2.75) is 0 Å². The van der Waals surface area contributed by atoms with E-state index in [4.69, 9.17) is 52.1 Å². The van der Waals surface area contributed by atoms with Crippen molar-refractivity contribution in [3.05, 3.63) is 73.0 Å². The van der Waals surface area contributed by atoms with Gasteiger partial charge in [0.1, 0.15) is 5.00 Å². The number of anilines is 1. The summed E-state index contributed by atoms with van der Waals surface area (Å²) in [7, 11) is 0. The molecule has 2 aromatic carbocycles. The molecule has 0 fully saturated rings. The van der Waals surface area contributed by atoms with Crippen LogP contribution < -0.4 is 11.1 Å². The number of nitrogens with two attached hydrogens (primary N) is 1. The Kier molecular flexibility index (Phi) is 5.99. The van der Waals surface area contributed by atoms with Gasteiger partial charge < -0.3 is 11.1 Å². The van der Waals surface area contributed by atoms with Gasteiger partial charge in [-0.2, -0.15) is 0 Å². The largest absolute Gasteiger partial charge is 0.365 e. The zero-order valence-electron chi connectivity index (χ0n) is 13.4. The maximum Gasteiger partial charge on any atom is 0.257 e. The highest BCUT2D eigenvalue weighted by Crippen LogP contribution is 2.39. The Hall–Kier alpha value is -1.76. The third-order valence-electron chi connectivity index (χ3n) is 3.68. The molecule has 0 aliphatic heterocycles. The number of benzene rings is 2. The van der Waals surface area contributed by atoms with Crippen molar-refractivity contribution in [2.75, 3.05) is 5.32 Å². The summed E-state index contributed by atoms with van der Waals surface area (Å²) in [6.45, 7) is 0. The van der Waals surface area contributed by atoms with Crippen LogP contribution in [0.2, 0.25) is 20.1 Å². The number of carbonyl (C=O) groups excluding carboxylic acids is 2. The fraction of sp³-hybridized carbons (Fsp3) is 0. The molecule has 0 spiro atoms. The molecule has 4 nitrogen and oxygen atoms in total. The molecule has 0 saturated carbocycles. The van der Waals surface area contributed by atoms with Gasteiger partial charge in [-0.05, 0) is 24.3 Å². The van der Waals surface area contributed by atoms with E-state index in [1.807, 2.05) is 0 Å². The Morgan fingerprint density at radius 3 is 2.37 bits per heavy atom. The van der Waals surface area contributed by atoms with Gasteiger partial charge in [-0.3, -0.25) is 9.59 Å². The molecule has 2 amide bonds. The van der Waals surface area contributed by atoms with E-state index < -0.39 is 11.8 Å². The lowest BCUT2D eigenvalue weighted by Crippen LogP contribution is -2.17. The molecule has 1 aromatic heterocycles. The molecule has 1 heterocycles. The number of thiophene rings is 1.